The molecule has 1 N–H and O–H groups in total. The summed E-state index contributed by atoms with van der Waals surface area (Å²) in [7, 11) is 1.71. The first-order valence-electron chi connectivity index (χ1n) is 11.8. The maximum absolute atomic E-state index is 13.4. The van der Waals surface area contributed by atoms with Crippen LogP contribution in [-0.2, 0) is 6.54 Å². The Morgan fingerprint density at radius 3 is 2.68 bits per heavy atom. The van der Waals surface area contributed by atoms with Gasteiger partial charge in [-0.25, -0.2) is 9.37 Å². The molecule has 7 heteroatoms. The number of ether oxygens (including phenoxy) is 1. The molecule has 5 rings (SSSR count). The number of nitrogens with one attached hydrogen (secondary N) is 1. The predicted molar refractivity (Wildman–Crippen MR) is 133 cm³/mol. The highest BCUT2D eigenvalue weighted by Gasteiger charge is 2.25. The van der Waals surface area contributed by atoms with E-state index in [-0.39, 0.29) is 5.82 Å². The monoisotopic (exact) mass is 459 g/mol. The van der Waals surface area contributed by atoms with Gasteiger partial charge < -0.3 is 14.6 Å². The number of anilines is 1. The molecule has 1 aliphatic rings. The molecule has 0 amide bonds. The summed E-state index contributed by atoms with van der Waals surface area (Å²) >= 11 is 0. The van der Waals surface area contributed by atoms with E-state index in [1.54, 1.807) is 19.5 Å². The van der Waals surface area contributed by atoms with Crippen molar-refractivity contribution in [2.24, 2.45) is 0 Å². The number of pyridine rings is 1. The summed E-state index contributed by atoms with van der Waals surface area (Å²) in [5.74, 6) is 1.51. The molecule has 0 bridgehead atoms. The second kappa shape index (κ2) is 9.81. The molecule has 1 fully saturated rings. The van der Waals surface area contributed by atoms with Crippen molar-refractivity contribution in [2.75, 3.05) is 25.5 Å². The minimum absolute atomic E-state index is 0.225. The van der Waals surface area contributed by atoms with Crippen LogP contribution in [0.2, 0.25) is 0 Å². The topological polar surface area (TPSA) is 55.2 Å². The molecule has 1 saturated heterocycles. The van der Waals surface area contributed by atoms with Gasteiger partial charge in [-0.05, 0) is 61.2 Å². The van der Waals surface area contributed by atoms with Crippen molar-refractivity contribution in [3.63, 3.8) is 0 Å². The van der Waals surface area contributed by atoms with Gasteiger partial charge in [0.05, 0.1) is 25.4 Å². The SMILES string of the molecule is COc1cccc(C(C)N2CCC(Nc3nc4cnccc4n3Cc3ccc(F)cc3)CC2)c1. The third kappa shape index (κ3) is 4.75. The van der Waals surface area contributed by atoms with E-state index in [1.807, 2.05) is 24.3 Å². The molecule has 6 nitrogen and oxygen atoms in total. The van der Waals surface area contributed by atoms with Crippen LogP contribution >= 0.6 is 0 Å². The molecule has 2 aromatic carbocycles. The van der Waals surface area contributed by atoms with Gasteiger partial charge in [-0.1, -0.05) is 24.3 Å². The molecule has 0 aliphatic carbocycles. The minimum atomic E-state index is -0.225. The molecule has 0 saturated carbocycles. The zero-order valence-corrected chi connectivity index (χ0v) is 19.6. The molecule has 176 valence electrons. The van der Waals surface area contributed by atoms with E-state index in [0.29, 0.717) is 18.6 Å². The first-order valence-corrected chi connectivity index (χ1v) is 11.8. The highest BCUT2D eigenvalue weighted by atomic mass is 19.1. The van der Waals surface area contributed by atoms with Gasteiger partial charge in [0.2, 0.25) is 5.95 Å². The number of likely N-dealkylation sites (tertiary alicyclic amines) is 1. The van der Waals surface area contributed by atoms with Crippen molar-refractivity contribution in [3.8, 4) is 5.75 Å². The average molecular weight is 460 g/mol. The fourth-order valence-corrected chi connectivity index (χ4v) is 4.75. The molecule has 1 unspecified atom stereocenters. The number of hydrogen-bond donors (Lipinski definition) is 1. The van der Waals surface area contributed by atoms with Crippen molar-refractivity contribution in [1.82, 2.24) is 19.4 Å². The fraction of sp³-hybridized carbons (Fsp3) is 0.333. The Hall–Kier alpha value is -3.45. The van der Waals surface area contributed by atoms with E-state index in [0.717, 1.165) is 54.2 Å². The van der Waals surface area contributed by atoms with Gasteiger partial charge in [0, 0.05) is 31.4 Å². The minimum Gasteiger partial charge on any atom is -0.497 e. The van der Waals surface area contributed by atoms with Gasteiger partial charge in [-0.3, -0.25) is 9.88 Å². The Balaban J connectivity index is 1.29. The molecule has 1 atom stereocenters. The number of aromatic nitrogens is 3. The summed E-state index contributed by atoms with van der Waals surface area (Å²) in [6, 6.07) is 17.6. The molecule has 0 spiro atoms. The number of piperidine rings is 1. The number of halogens is 1. The summed E-state index contributed by atoms with van der Waals surface area (Å²) in [5.41, 5.74) is 4.18. The lowest BCUT2D eigenvalue weighted by atomic mass is 10.00. The fourth-order valence-electron chi connectivity index (χ4n) is 4.75. The van der Waals surface area contributed by atoms with Crippen LogP contribution in [0.15, 0.2) is 67.0 Å². The summed E-state index contributed by atoms with van der Waals surface area (Å²) in [6.07, 6.45) is 5.64. The van der Waals surface area contributed by atoms with Crippen molar-refractivity contribution < 1.29 is 9.13 Å². The van der Waals surface area contributed by atoms with Crippen LogP contribution in [0.5, 0.6) is 5.75 Å². The highest BCUT2D eigenvalue weighted by molar-refractivity contribution is 5.77. The normalized spacial score (nSPS) is 16.0. The third-order valence-corrected chi connectivity index (χ3v) is 6.79. The summed E-state index contributed by atoms with van der Waals surface area (Å²) in [4.78, 5) is 11.6. The number of rotatable bonds is 7. The molecular weight excluding hydrogens is 429 g/mol. The Bertz CT molecular complexity index is 1250. The molecular formula is C27H30FN5O. The van der Waals surface area contributed by atoms with Crippen LogP contribution in [0, 0.1) is 5.82 Å². The second-order valence-electron chi connectivity index (χ2n) is 8.92. The van der Waals surface area contributed by atoms with Crippen molar-refractivity contribution >= 4 is 17.0 Å². The molecule has 4 aromatic rings. The van der Waals surface area contributed by atoms with Gasteiger partial charge in [-0.2, -0.15) is 0 Å². The van der Waals surface area contributed by atoms with E-state index in [4.69, 9.17) is 9.72 Å². The zero-order chi connectivity index (χ0) is 23.5. The first-order chi connectivity index (χ1) is 16.6. The first kappa shape index (κ1) is 22.3. The number of benzene rings is 2. The largest absolute Gasteiger partial charge is 0.497 e. The number of methoxy groups -OCH3 is 1. The molecule has 2 aromatic heterocycles. The lowest BCUT2D eigenvalue weighted by Gasteiger charge is -2.36. The Kier molecular flexibility index (Phi) is 6.45. The van der Waals surface area contributed by atoms with Gasteiger partial charge in [0.15, 0.2) is 0 Å². The average Bonchev–Trinajstić information content (AvgIpc) is 3.22. The van der Waals surface area contributed by atoms with Gasteiger partial charge in [-0.15, -0.1) is 0 Å². The van der Waals surface area contributed by atoms with Gasteiger partial charge >= 0.3 is 0 Å². The summed E-state index contributed by atoms with van der Waals surface area (Å²) in [6.45, 7) is 4.90. The lowest BCUT2D eigenvalue weighted by Crippen LogP contribution is -2.40. The highest BCUT2D eigenvalue weighted by Crippen LogP contribution is 2.28. The summed E-state index contributed by atoms with van der Waals surface area (Å²) in [5, 5.41) is 3.69. The molecule has 34 heavy (non-hydrogen) atoms. The maximum Gasteiger partial charge on any atom is 0.204 e. The van der Waals surface area contributed by atoms with Crippen molar-refractivity contribution in [2.45, 2.75) is 38.4 Å². The Labute approximate surface area is 199 Å². The quantitative estimate of drug-likeness (QED) is 0.408. The van der Waals surface area contributed by atoms with Gasteiger partial charge in [0.25, 0.3) is 0 Å². The van der Waals surface area contributed by atoms with Crippen LogP contribution in [-0.4, -0.2) is 45.7 Å². The van der Waals surface area contributed by atoms with Gasteiger partial charge in [0.1, 0.15) is 17.1 Å². The zero-order valence-electron chi connectivity index (χ0n) is 19.6. The lowest BCUT2D eigenvalue weighted by molar-refractivity contribution is 0.167. The van der Waals surface area contributed by atoms with Crippen LogP contribution in [0.4, 0.5) is 10.3 Å². The number of imidazole rings is 1. The number of nitrogens with zero attached hydrogens (tertiary/aromatic N) is 4. The smallest absolute Gasteiger partial charge is 0.204 e. The Morgan fingerprint density at radius 2 is 1.91 bits per heavy atom. The van der Waals surface area contributed by atoms with Crippen LogP contribution in [0.3, 0.4) is 0 Å². The standard InChI is InChI=1S/C27H30FN5O/c1-19(21-4-3-5-24(16-21)34-2)32-14-11-23(12-15-32)30-27-31-25-17-29-13-10-26(25)33(27)18-20-6-8-22(28)9-7-20/h3-10,13,16-17,19,23H,11-12,14-15,18H2,1-2H3,(H,30,31). The molecule has 1 aliphatic heterocycles. The van der Waals surface area contributed by atoms with Crippen LogP contribution in [0.25, 0.3) is 11.0 Å². The molecule has 0 radical (unpaired) electrons. The van der Waals surface area contributed by atoms with Crippen molar-refractivity contribution in [3.05, 3.63) is 83.9 Å². The van der Waals surface area contributed by atoms with E-state index in [9.17, 15) is 4.39 Å². The summed E-state index contributed by atoms with van der Waals surface area (Å²) < 4.78 is 21.0. The number of hydrogen-bond acceptors (Lipinski definition) is 5. The molecule has 3 heterocycles. The maximum atomic E-state index is 13.4. The van der Waals surface area contributed by atoms with E-state index >= 15 is 0 Å². The number of fused-ring (bicyclic) bond motifs is 1. The van der Waals surface area contributed by atoms with E-state index < -0.39 is 0 Å². The van der Waals surface area contributed by atoms with E-state index in [2.05, 4.69) is 44.9 Å². The predicted octanol–water partition coefficient (Wildman–Crippen LogP) is 5.26. The Morgan fingerprint density at radius 1 is 1.12 bits per heavy atom. The van der Waals surface area contributed by atoms with Crippen molar-refractivity contribution in [1.29, 1.82) is 0 Å². The second-order valence-corrected chi connectivity index (χ2v) is 8.92. The van der Waals surface area contributed by atoms with E-state index in [1.165, 1.54) is 17.7 Å². The van der Waals surface area contributed by atoms with Crippen LogP contribution < -0.4 is 10.1 Å². The van der Waals surface area contributed by atoms with Crippen LogP contribution in [0.1, 0.15) is 36.9 Å². The third-order valence-electron chi connectivity index (χ3n) is 6.79.